The molecule has 2 unspecified atom stereocenters. The van der Waals surface area contributed by atoms with Gasteiger partial charge in [-0.15, -0.1) is 0 Å². The van der Waals surface area contributed by atoms with Gasteiger partial charge in [-0.25, -0.2) is 0 Å². The first-order valence-electron chi connectivity index (χ1n) is 4.23. The van der Waals surface area contributed by atoms with E-state index in [2.05, 4.69) is 13.8 Å². The predicted molar refractivity (Wildman–Crippen MR) is 44.6 cm³/mol. The Balaban J connectivity index is 2.52. The third-order valence-corrected chi connectivity index (χ3v) is 3.15. The average molecular weight is 158 g/mol. The molecule has 0 aromatic rings. The lowest BCUT2D eigenvalue weighted by Gasteiger charge is -2.27. The molecule has 11 heavy (non-hydrogen) atoms. The van der Waals surface area contributed by atoms with Crippen LogP contribution in [0.1, 0.15) is 26.7 Å². The second-order valence-corrected chi connectivity index (χ2v) is 3.49. The molecule has 1 rings (SSSR count). The van der Waals surface area contributed by atoms with Gasteiger partial charge in [-0.2, -0.15) is 0 Å². The van der Waals surface area contributed by atoms with Crippen LogP contribution in [0.2, 0.25) is 0 Å². The number of rotatable bonds is 4. The van der Waals surface area contributed by atoms with Crippen LogP contribution >= 0.6 is 0 Å². The maximum Gasteiger partial charge on any atom is 0.0624 e. The molecule has 0 spiro atoms. The van der Waals surface area contributed by atoms with Crippen LogP contribution in [0, 0.1) is 5.41 Å². The van der Waals surface area contributed by atoms with Crippen LogP contribution in [0.3, 0.4) is 0 Å². The van der Waals surface area contributed by atoms with Crippen LogP contribution < -0.4 is 0 Å². The first-order valence-corrected chi connectivity index (χ1v) is 4.23. The highest BCUT2D eigenvalue weighted by molar-refractivity contribution is 5.02. The summed E-state index contributed by atoms with van der Waals surface area (Å²) in [6, 6.07) is 0. The van der Waals surface area contributed by atoms with Crippen LogP contribution in [0.15, 0.2) is 0 Å². The molecule has 0 heterocycles. The first-order chi connectivity index (χ1) is 5.17. The summed E-state index contributed by atoms with van der Waals surface area (Å²) in [7, 11) is 3.54. The molecule has 1 saturated carbocycles. The van der Waals surface area contributed by atoms with Crippen LogP contribution in [0.4, 0.5) is 0 Å². The third-order valence-electron chi connectivity index (χ3n) is 3.15. The molecule has 0 aliphatic heterocycles. The molecule has 0 amide bonds. The molecule has 0 aromatic carbocycles. The highest BCUT2D eigenvalue weighted by Crippen LogP contribution is 2.53. The van der Waals surface area contributed by atoms with E-state index in [1.54, 1.807) is 14.2 Å². The molecule has 2 atom stereocenters. The van der Waals surface area contributed by atoms with Gasteiger partial charge in [0.2, 0.25) is 0 Å². The zero-order valence-corrected chi connectivity index (χ0v) is 7.89. The summed E-state index contributed by atoms with van der Waals surface area (Å²) in [5, 5.41) is 0. The van der Waals surface area contributed by atoms with E-state index in [0.717, 1.165) is 0 Å². The Bertz CT molecular complexity index is 118. The van der Waals surface area contributed by atoms with Gasteiger partial charge in [0, 0.05) is 19.6 Å². The van der Waals surface area contributed by atoms with Crippen molar-refractivity contribution >= 4 is 0 Å². The second kappa shape index (κ2) is 3.11. The lowest BCUT2D eigenvalue weighted by Crippen LogP contribution is -2.32. The summed E-state index contributed by atoms with van der Waals surface area (Å²) in [5.74, 6) is 0. The maximum absolute atomic E-state index is 5.32. The van der Waals surface area contributed by atoms with Gasteiger partial charge in [0.1, 0.15) is 0 Å². The molecule has 0 radical (unpaired) electrons. The lowest BCUT2D eigenvalue weighted by atomic mass is 9.94. The van der Waals surface area contributed by atoms with Crippen molar-refractivity contribution in [3.63, 3.8) is 0 Å². The molecular weight excluding hydrogens is 140 g/mol. The van der Waals surface area contributed by atoms with Crippen molar-refractivity contribution in [2.45, 2.75) is 38.9 Å². The fraction of sp³-hybridized carbons (Fsp3) is 1.00. The van der Waals surface area contributed by atoms with E-state index in [9.17, 15) is 0 Å². The van der Waals surface area contributed by atoms with Crippen molar-refractivity contribution in [3.8, 4) is 0 Å². The Hall–Kier alpha value is -0.0800. The molecule has 0 N–H and O–H groups in total. The number of hydrogen-bond acceptors (Lipinski definition) is 2. The van der Waals surface area contributed by atoms with Crippen molar-refractivity contribution in [1.29, 1.82) is 0 Å². The predicted octanol–water partition coefficient (Wildman–Crippen LogP) is 1.84. The van der Waals surface area contributed by atoms with Gasteiger partial charge in [0.25, 0.3) is 0 Å². The fourth-order valence-electron chi connectivity index (χ4n) is 1.76. The van der Waals surface area contributed by atoms with E-state index in [0.29, 0.717) is 17.6 Å². The topological polar surface area (TPSA) is 18.5 Å². The van der Waals surface area contributed by atoms with E-state index in [1.165, 1.54) is 12.8 Å². The molecule has 0 aromatic heterocycles. The quantitative estimate of drug-likeness (QED) is 0.621. The van der Waals surface area contributed by atoms with Crippen LogP contribution in [0.5, 0.6) is 0 Å². The van der Waals surface area contributed by atoms with Crippen LogP contribution in [0.25, 0.3) is 0 Å². The Morgan fingerprint density at radius 2 is 1.36 bits per heavy atom. The van der Waals surface area contributed by atoms with Gasteiger partial charge in [-0.3, -0.25) is 0 Å². The Morgan fingerprint density at radius 3 is 1.55 bits per heavy atom. The molecule has 66 valence electrons. The summed E-state index contributed by atoms with van der Waals surface area (Å²) in [6.07, 6.45) is 3.16. The number of ether oxygens (including phenoxy) is 2. The van der Waals surface area contributed by atoms with Crippen LogP contribution in [-0.2, 0) is 9.47 Å². The van der Waals surface area contributed by atoms with Crippen molar-refractivity contribution in [2.75, 3.05) is 14.2 Å². The summed E-state index contributed by atoms with van der Waals surface area (Å²) in [6.45, 7) is 4.26. The van der Waals surface area contributed by atoms with E-state index in [1.807, 2.05) is 0 Å². The van der Waals surface area contributed by atoms with Crippen molar-refractivity contribution in [2.24, 2.45) is 5.41 Å². The maximum atomic E-state index is 5.32. The molecule has 1 aliphatic carbocycles. The molecule has 2 heteroatoms. The lowest BCUT2D eigenvalue weighted by molar-refractivity contribution is -0.0320. The Labute approximate surface area is 68.9 Å². The summed E-state index contributed by atoms with van der Waals surface area (Å²) in [5.41, 5.74) is 0.323. The minimum atomic E-state index is 0.323. The third kappa shape index (κ3) is 1.42. The molecule has 1 fully saturated rings. The zero-order chi connectivity index (χ0) is 8.48. The van der Waals surface area contributed by atoms with E-state index >= 15 is 0 Å². The van der Waals surface area contributed by atoms with Gasteiger partial charge in [-0.1, -0.05) is 0 Å². The monoisotopic (exact) mass is 158 g/mol. The average Bonchev–Trinajstić information content (AvgIpc) is 2.82. The summed E-state index contributed by atoms with van der Waals surface area (Å²) in [4.78, 5) is 0. The number of methoxy groups -OCH3 is 2. The molecular formula is C9H18O2. The first kappa shape index (κ1) is 9.01. The molecule has 1 aliphatic rings. The second-order valence-electron chi connectivity index (χ2n) is 3.49. The highest BCUT2D eigenvalue weighted by atomic mass is 16.5. The Morgan fingerprint density at radius 1 is 1.00 bits per heavy atom. The van der Waals surface area contributed by atoms with Gasteiger partial charge >= 0.3 is 0 Å². The van der Waals surface area contributed by atoms with E-state index in [4.69, 9.17) is 9.47 Å². The van der Waals surface area contributed by atoms with Gasteiger partial charge in [0.15, 0.2) is 0 Å². The summed E-state index contributed by atoms with van der Waals surface area (Å²) < 4.78 is 10.6. The van der Waals surface area contributed by atoms with Crippen molar-refractivity contribution < 1.29 is 9.47 Å². The molecule has 0 bridgehead atoms. The van der Waals surface area contributed by atoms with Gasteiger partial charge < -0.3 is 9.47 Å². The van der Waals surface area contributed by atoms with Gasteiger partial charge in [0.05, 0.1) is 12.2 Å². The minimum absolute atomic E-state index is 0.323. The molecule has 0 saturated heterocycles. The SMILES string of the molecule is COC(C)C1(C(C)OC)CC1. The standard InChI is InChI=1S/C9H18O2/c1-7(10-3)9(5-6-9)8(2)11-4/h7-8H,5-6H2,1-4H3. The van der Waals surface area contributed by atoms with E-state index < -0.39 is 0 Å². The Kier molecular flexibility index (Phi) is 2.55. The van der Waals surface area contributed by atoms with E-state index in [-0.39, 0.29) is 0 Å². The van der Waals surface area contributed by atoms with Crippen molar-refractivity contribution in [1.82, 2.24) is 0 Å². The fourth-order valence-corrected chi connectivity index (χ4v) is 1.76. The largest absolute Gasteiger partial charge is 0.381 e. The summed E-state index contributed by atoms with van der Waals surface area (Å²) >= 11 is 0. The highest BCUT2D eigenvalue weighted by Gasteiger charge is 2.52. The van der Waals surface area contributed by atoms with Gasteiger partial charge in [-0.05, 0) is 26.7 Å². The van der Waals surface area contributed by atoms with Crippen molar-refractivity contribution in [3.05, 3.63) is 0 Å². The zero-order valence-electron chi connectivity index (χ0n) is 7.89. The minimum Gasteiger partial charge on any atom is -0.381 e. The normalized spacial score (nSPS) is 26.2. The number of hydrogen-bond donors (Lipinski definition) is 0. The smallest absolute Gasteiger partial charge is 0.0624 e. The van der Waals surface area contributed by atoms with Crippen LogP contribution in [-0.4, -0.2) is 26.4 Å². The molecule has 2 nitrogen and oxygen atoms in total.